The third kappa shape index (κ3) is 3.63. The van der Waals surface area contributed by atoms with Gasteiger partial charge in [-0.05, 0) is 52.0 Å². The minimum atomic E-state index is -0.436. The van der Waals surface area contributed by atoms with Crippen LogP contribution in [0, 0.1) is 5.82 Å². The van der Waals surface area contributed by atoms with Crippen LogP contribution in [0.2, 0.25) is 0 Å². The Labute approximate surface area is 129 Å². The molecule has 0 saturated heterocycles. The van der Waals surface area contributed by atoms with Crippen molar-refractivity contribution in [1.82, 2.24) is 14.5 Å². The molecular weight excluding hydrogens is 285 g/mol. The third-order valence-corrected chi connectivity index (χ3v) is 3.20. The lowest BCUT2D eigenvalue weighted by Gasteiger charge is -2.29. The van der Waals surface area contributed by atoms with Crippen LogP contribution in [0.25, 0.3) is 5.69 Å². The van der Waals surface area contributed by atoms with Gasteiger partial charge in [0.05, 0.1) is 6.20 Å². The third-order valence-electron chi connectivity index (χ3n) is 3.20. The van der Waals surface area contributed by atoms with Crippen LogP contribution in [0.3, 0.4) is 0 Å². The molecule has 6 heteroatoms. The van der Waals surface area contributed by atoms with Gasteiger partial charge in [0.25, 0.3) is 0 Å². The van der Waals surface area contributed by atoms with Gasteiger partial charge in [0, 0.05) is 17.8 Å². The minimum Gasteiger partial charge on any atom is -0.389 e. The van der Waals surface area contributed by atoms with Crippen molar-refractivity contribution < 1.29 is 13.9 Å². The van der Waals surface area contributed by atoms with Gasteiger partial charge in [-0.3, -0.25) is 0 Å². The average Bonchev–Trinajstić information content (AvgIpc) is 2.87. The molecule has 22 heavy (non-hydrogen) atoms. The summed E-state index contributed by atoms with van der Waals surface area (Å²) >= 11 is 0. The Kier molecular flexibility index (Phi) is 4.80. The summed E-state index contributed by atoms with van der Waals surface area (Å²) in [6.45, 7) is 7.72. The van der Waals surface area contributed by atoms with Gasteiger partial charge in [-0.25, -0.2) is 14.2 Å². The summed E-state index contributed by atoms with van der Waals surface area (Å²) in [6.07, 6.45) is 2.67. The van der Waals surface area contributed by atoms with Gasteiger partial charge in [0.15, 0.2) is 0 Å². The lowest BCUT2D eigenvalue weighted by atomic mass is 10.2. The van der Waals surface area contributed by atoms with E-state index < -0.39 is 6.09 Å². The molecule has 0 aliphatic rings. The second-order valence-corrected chi connectivity index (χ2v) is 5.56. The Morgan fingerprint density at radius 3 is 2.32 bits per heavy atom. The van der Waals surface area contributed by atoms with Crippen molar-refractivity contribution in [3.8, 4) is 11.6 Å². The first-order valence-corrected chi connectivity index (χ1v) is 7.18. The summed E-state index contributed by atoms with van der Waals surface area (Å²) in [5.74, 6) is -0.0966. The number of amides is 1. The first kappa shape index (κ1) is 16.0. The molecular formula is C16H20FN3O2. The van der Waals surface area contributed by atoms with Crippen molar-refractivity contribution in [3.05, 3.63) is 42.6 Å². The van der Waals surface area contributed by atoms with E-state index >= 15 is 0 Å². The average molecular weight is 305 g/mol. The molecule has 0 unspecified atom stereocenters. The number of nitrogens with zero attached hydrogens (tertiary/aromatic N) is 3. The molecule has 2 rings (SSSR count). The summed E-state index contributed by atoms with van der Waals surface area (Å²) in [5, 5.41) is 0. The Morgan fingerprint density at radius 1 is 1.18 bits per heavy atom. The number of benzene rings is 1. The van der Waals surface area contributed by atoms with Gasteiger partial charge in [0.1, 0.15) is 12.1 Å². The number of halogens is 1. The fourth-order valence-corrected chi connectivity index (χ4v) is 2.27. The van der Waals surface area contributed by atoms with Crippen molar-refractivity contribution in [2.45, 2.75) is 39.8 Å². The number of hydrogen-bond donors (Lipinski definition) is 0. The zero-order valence-electron chi connectivity index (χ0n) is 13.2. The van der Waals surface area contributed by atoms with Crippen LogP contribution < -0.4 is 4.74 Å². The lowest BCUT2D eigenvalue weighted by molar-refractivity contribution is 0.121. The zero-order chi connectivity index (χ0) is 16.3. The van der Waals surface area contributed by atoms with E-state index in [-0.39, 0.29) is 23.8 Å². The van der Waals surface area contributed by atoms with Crippen molar-refractivity contribution in [1.29, 1.82) is 0 Å². The van der Waals surface area contributed by atoms with Crippen molar-refractivity contribution in [2.24, 2.45) is 0 Å². The Hall–Kier alpha value is -2.37. The van der Waals surface area contributed by atoms with Gasteiger partial charge in [-0.1, -0.05) is 0 Å². The van der Waals surface area contributed by atoms with Crippen molar-refractivity contribution in [3.63, 3.8) is 0 Å². The molecule has 0 aliphatic carbocycles. The van der Waals surface area contributed by atoms with Crippen LogP contribution in [-0.2, 0) is 0 Å². The minimum absolute atomic E-state index is 0.0340. The fraction of sp³-hybridized carbons (Fsp3) is 0.375. The van der Waals surface area contributed by atoms with Crippen LogP contribution in [0.15, 0.2) is 36.8 Å². The molecule has 2 aromatic rings. The highest BCUT2D eigenvalue weighted by Gasteiger charge is 2.22. The van der Waals surface area contributed by atoms with Crippen LogP contribution in [0.1, 0.15) is 27.7 Å². The van der Waals surface area contributed by atoms with Crippen molar-refractivity contribution >= 4 is 6.09 Å². The smallest absolute Gasteiger partial charge is 0.389 e. The Bertz CT molecular complexity index is 627. The standard InChI is InChI=1S/C16H20FN3O2/c1-11(2)20(12(3)4)16(21)22-15-9-19(10-18-15)14-7-5-13(17)6-8-14/h5-12H,1-4H3. The van der Waals surface area contributed by atoms with Gasteiger partial charge in [0.2, 0.25) is 5.88 Å². The van der Waals surface area contributed by atoms with Crippen LogP contribution >= 0.6 is 0 Å². The summed E-state index contributed by atoms with van der Waals surface area (Å²) in [7, 11) is 0. The van der Waals surface area contributed by atoms with Gasteiger partial charge in [-0.15, -0.1) is 0 Å². The Morgan fingerprint density at radius 2 is 1.77 bits per heavy atom. The van der Waals surface area contributed by atoms with E-state index in [9.17, 15) is 9.18 Å². The number of carbonyl (C=O) groups is 1. The first-order valence-electron chi connectivity index (χ1n) is 7.18. The van der Waals surface area contributed by atoms with E-state index in [1.807, 2.05) is 27.7 Å². The van der Waals surface area contributed by atoms with E-state index in [2.05, 4.69) is 4.98 Å². The molecule has 1 heterocycles. The van der Waals surface area contributed by atoms with E-state index in [0.29, 0.717) is 0 Å². The normalized spacial score (nSPS) is 11.0. The highest BCUT2D eigenvalue weighted by atomic mass is 19.1. The second-order valence-electron chi connectivity index (χ2n) is 5.56. The molecule has 0 N–H and O–H groups in total. The number of aromatic nitrogens is 2. The van der Waals surface area contributed by atoms with Crippen molar-refractivity contribution in [2.75, 3.05) is 0 Å². The maximum atomic E-state index is 12.9. The van der Waals surface area contributed by atoms with Gasteiger partial charge < -0.3 is 14.2 Å². The van der Waals surface area contributed by atoms with E-state index in [1.165, 1.54) is 18.5 Å². The molecule has 1 aromatic heterocycles. The molecule has 118 valence electrons. The highest BCUT2D eigenvalue weighted by molar-refractivity contribution is 5.70. The maximum Gasteiger partial charge on any atom is 0.417 e. The van der Waals surface area contributed by atoms with Crippen LogP contribution in [-0.4, -0.2) is 32.6 Å². The monoisotopic (exact) mass is 305 g/mol. The number of carbonyl (C=O) groups excluding carboxylic acids is 1. The quantitative estimate of drug-likeness (QED) is 0.866. The Balaban J connectivity index is 2.12. The molecule has 0 fully saturated rings. The maximum absolute atomic E-state index is 12.9. The van der Waals surface area contributed by atoms with E-state index in [4.69, 9.17) is 4.74 Å². The SMILES string of the molecule is CC(C)N(C(=O)Oc1cn(-c2ccc(F)cc2)cn1)C(C)C. The highest BCUT2D eigenvalue weighted by Crippen LogP contribution is 2.16. The largest absolute Gasteiger partial charge is 0.417 e. The number of imidazole rings is 1. The van der Waals surface area contributed by atoms with Gasteiger partial charge >= 0.3 is 6.09 Å². The number of ether oxygens (including phenoxy) is 1. The summed E-state index contributed by atoms with van der Waals surface area (Å²) in [6, 6.07) is 6.04. The molecule has 1 aromatic carbocycles. The van der Waals surface area contributed by atoms with E-state index in [1.54, 1.807) is 27.8 Å². The predicted molar refractivity (Wildman–Crippen MR) is 81.7 cm³/mol. The number of hydrogen-bond acceptors (Lipinski definition) is 3. The topological polar surface area (TPSA) is 47.4 Å². The molecule has 0 atom stereocenters. The van der Waals surface area contributed by atoms with Crippen LogP contribution in [0.5, 0.6) is 5.88 Å². The molecule has 5 nitrogen and oxygen atoms in total. The second kappa shape index (κ2) is 6.60. The molecule has 0 bridgehead atoms. The fourth-order valence-electron chi connectivity index (χ4n) is 2.27. The molecule has 0 saturated carbocycles. The molecule has 0 spiro atoms. The lowest BCUT2D eigenvalue weighted by Crippen LogP contribution is -2.43. The summed E-state index contributed by atoms with van der Waals surface area (Å²) in [4.78, 5) is 17.9. The predicted octanol–water partition coefficient (Wildman–Crippen LogP) is 3.63. The zero-order valence-corrected chi connectivity index (χ0v) is 13.2. The van der Waals surface area contributed by atoms with Gasteiger partial charge in [-0.2, -0.15) is 0 Å². The summed E-state index contributed by atoms with van der Waals surface area (Å²) < 4.78 is 19.9. The summed E-state index contributed by atoms with van der Waals surface area (Å²) in [5.41, 5.74) is 0.737. The first-order chi connectivity index (χ1) is 10.4. The molecule has 0 radical (unpaired) electrons. The van der Waals surface area contributed by atoms with E-state index in [0.717, 1.165) is 5.69 Å². The van der Waals surface area contributed by atoms with Crippen LogP contribution in [0.4, 0.5) is 9.18 Å². The molecule has 0 aliphatic heterocycles. The molecule has 1 amide bonds. The number of rotatable bonds is 4.